The van der Waals surface area contributed by atoms with E-state index >= 15 is 19.2 Å². The molecular weight excluding hydrogens is 1210 g/mol. The van der Waals surface area contributed by atoms with E-state index in [1.54, 1.807) is 19.0 Å². The number of carbonyl (C=O) groups excluding carboxylic acids is 7. The second-order valence-corrected chi connectivity index (χ2v) is 22.7. The number of hydrogen-bond acceptors (Lipinski definition) is 19. The molecule has 7 amide bonds. The number of rotatable bonds is 4. The van der Waals surface area contributed by atoms with Crippen molar-refractivity contribution >= 4 is 64.6 Å². The Hall–Kier alpha value is -10.5. The summed E-state index contributed by atoms with van der Waals surface area (Å²) in [6.45, 7) is 0.310. The van der Waals surface area contributed by atoms with E-state index in [2.05, 4.69) is 37.2 Å². The first-order chi connectivity index (χ1) is 42.9. The Labute approximate surface area is 520 Å². The molecule has 16 N–H and O–H groups in total. The van der Waals surface area contributed by atoms with Crippen LogP contribution in [0.2, 0.25) is 10.0 Å². The predicted molar refractivity (Wildman–Crippen MR) is 319 cm³/mol. The van der Waals surface area contributed by atoms with Gasteiger partial charge in [-0.3, -0.25) is 33.6 Å². The number of aromatic hydroxyl groups is 6. The lowest BCUT2D eigenvalue weighted by molar-refractivity contribution is -0.137. The van der Waals surface area contributed by atoms with Gasteiger partial charge in [0.1, 0.15) is 88.6 Å². The summed E-state index contributed by atoms with van der Waals surface area (Å²) in [5, 5.41) is 98.8. The van der Waals surface area contributed by atoms with Crippen LogP contribution in [0.3, 0.4) is 0 Å². The lowest BCUT2D eigenvalue weighted by Gasteiger charge is -2.31. The molecule has 0 saturated heterocycles. The zero-order valence-corrected chi connectivity index (χ0v) is 48.7. The van der Waals surface area contributed by atoms with Gasteiger partial charge in [-0.05, 0) is 132 Å². The summed E-state index contributed by atoms with van der Waals surface area (Å²) in [5.74, 6) is -13.4. The number of amides is 7. The zero-order valence-electron chi connectivity index (χ0n) is 47.2. The van der Waals surface area contributed by atoms with Crippen LogP contribution < -0.4 is 57.2 Å². The minimum Gasteiger partial charge on any atom is -0.508 e. The largest absolute Gasteiger partial charge is 0.508 e. The van der Waals surface area contributed by atoms with Gasteiger partial charge in [-0.15, -0.1) is 0 Å². The number of aliphatic hydroxyl groups is 1. The smallest absolute Gasteiger partial charge is 0.248 e. The first kappa shape index (κ1) is 61.1. The molecule has 0 saturated carbocycles. The van der Waals surface area contributed by atoms with Crippen molar-refractivity contribution in [1.29, 1.82) is 0 Å². The Kier molecular flexibility index (Phi) is 16.7. The van der Waals surface area contributed by atoms with Gasteiger partial charge in [0.05, 0.1) is 10.0 Å². The molecule has 0 aromatic heterocycles. The van der Waals surface area contributed by atoms with Gasteiger partial charge in [0.25, 0.3) is 0 Å². The summed E-state index contributed by atoms with van der Waals surface area (Å²) in [6.07, 6.45) is -2.41. The fourth-order valence-corrected chi connectivity index (χ4v) is 11.2. The van der Waals surface area contributed by atoms with Crippen molar-refractivity contribution in [1.82, 2.24) is 42.1 Å². The lowest BCUT2D eigenvalue weighted by atomic mass is 9.89. The van der Waals surface area contributed by atoms with E-state index in [4.69, 9.17) is 43.1 Å². The molecule has 6 aliphatic rings. The highest BCUT2D eigenvalue weighted by molar-refractivity contribution is 6.32. The summed E-state index contributed by atoms with van der Waals surface area (Å²) in [7, 11) is 3.47. The van der Waals surface area contributed by atoms with E-state index in [0.717, 1.165) is 48.5 Å². The molecule has 90 heavy (non-hydrogen) atoms. The molecule has 13 rings (SSSR count). The van der Waals surface area contributed by atoms with Gasteiger partial charge in [-0.25, -0.2) is 0 Å². The second-order valence-electron chi connectivity index (χ2n) is 21.9. The zero-order chi connectivity index (χ0) is 64.1. The molecule has 26 nitrogen and oxygen atoms in total. The predicted octanol–water partition coefficient (Wildman–Crippen LogP) is 4.58. The van der Waals surface area contributed by atoms with Gasteiger partial charge >= 0.3 is 0 Å². The highest BCUT2D eigenvalue weighted by Crippen LogP contribution is 2.48. The lowest BCUT2D eigenvalue weighted by Crippen LogP contribution is -2.56. The number of likely N-dealkylation sites (N-methyl/N-ethyl adjacent to an activating group) is 1. The van der Waals surface area contributed by atoms with Gasteiger partial charge in [0.15, 0.2) is 23.0 Å². The van der Waals surface area contributed by atoms with Crippen LogP contribution in [0, 0.1) is 0 Å². The summed E-state index contributed by atoms with van der Waals surface area (Å²) in [4.78, 5) is 107. The SMILES string of the molecule is CN(C)CCNC(=O)[C@H]1NC(=O)[C@H]2NC(=O)[C@H](NC(=O)[C@@H]3NC(=O)[C@H]4NC(=O)[C@@H](Cc5ccc(c(Cl)c5)Oc5cc3cc(c5O)Oc3ccc(cc3Cl)[C@H]2O)NC(=O)[C@H](N)c2ccc(O)c(c2)Oc2cc(O)cc4c2)c2ccc(O)c(c2)-c2c(O)cc(O)cc21. The Morgan fingerprint density at radius 2 is 1.14 bits per heavy atom. The average molecular weight is 1270 g/mol. The van der Waals surface area contributed by atoms with Crippen molar-refractivity contribution in [3.63, 3.8) is 0 Å². The van der Waals surface area contributed by atoms with Gasteiger partial charge < -0.3 is 97.8 Å². The number of halogens is 2. The number of hydrogen-bond donors (Lipinski definition) is 15. The van der Waals surface area contributed by atoms with Gasteiger partial charge in [0, 0.05) is 42.8 Å². The molecule has 0 spiro atoms. The second kappa shape index (κ2) is 24.6. The standard InChI is InChI=1S/C62H55Cl2N9O17/c1-73(2)12-11-66-58(83)52-35-23-32(75)24-41(78)47(35)34-17-27(5-7-39(34)76)49-59(84)72-53(62(87)71-52)54(79)28-6-10-43(37(64)18-28)90-46-21-30-20-45(55(46)80)89-42-9-3-25(13-36(42)63)14-38-56(81)68-50(60(85)70-51(30)61(86)69-49)29-15-31(74)22-33(16-29)88-44-19-26(4-8-40(44)77)48(65)57(82)67-38/h3-10,13,15-24,38,48-54,74-80H,11-12,14,65H2,1-2H3,(H,66,83)(H,67,82)(H,68,81)(H,69,86)(H,70,85)(H,71,87)(H,72,84)/t38-,48-,49-,50+,51-,52+,53+,54-/m1/s1. The topological polar surface area (TPSA) is 402 Å². The van der Waals surface area contributed by atoms with Gasteiger partial charge in [0.2, 0.25) is 47.1 Å². The van der Waals surface area contributed by atoms with Crippen molar-refractivity contribution in [3.8, 4) is 80.1 Å². The summed E-state index contributed by atoms with van der Waals surface area (Å²) < 4.78 is 18.5. The summed E-state index contributed by atoms with van der Waals surface area (Å²) >= 11 is 13.8. The third kappa shape index (κ3) is 12.4. The highest BCUT2D eigenvalue weighted by atomic mass is 35.5. The Morgan fingerprint density at radius 3 is 1.82 bits per heavy atom. The Morgan fingerprint density at radius 1 is 0.556 bits per heavy atom. The van der Waals surface area contributed by atoms with Crippen molar-refractivity contribution in [2.75, 3.05) is 27.2 Å². The van der Waals surface area contributed by atoms with E-state index in [9.17, 15) is 50.1 Å². The van der Waals surface area contributed by atoms with E-state index in [1.165, 1.54) is 66.7 Å². The first-order valence-electron chi connectivity index (χ1n) is 27.6. The fraction of sp³-hybridized carbons (Fsp3) is 0.210. The molecular formula is C62H55Cl2N9O17. The van der Waals surface area contributed by atoms with Crippen LogP contribution >= 0.6 is 23.2 Å². The van der Waals surface area contributed by atoms with Crippen LogP contribution in [0.25, 0.3) is 11.1 Å². The minimum absolute atomic E-state index is 0.00762. The maximum absolute atomic E-state index is 15.8. The van der Waals surface area contributed by atoms with Crippen molar-refractivity contribution in [3.05, 3.63) is 164 Å². The van der Waals surface area contributed by atoms with E-state index in [1.807, 2.05) is 0 Å². The number of carbonyl (C=O) groups is 7. The molecule has 8 atom stereocenters. The molecule has 7 aromatic carbocycles. The molecule has 28 heteroatoms. The van der Waals surface area contributed by atoms with Crippen molar-refractivity contribution < 1.29 is 83.5 Å². The number of phenolic OH excluding ortho intramolecular Hbond substituents is 6. The molecule has 0 unspecified atom stereocenters. The number of nitrogens with two attached hydrogens (primary N) is 1. The molecule has 0 aliphatic carbocycles. The monoisotopic (exact) mass is 1270 g/mol. The van der Waals surface area contributed by atoms with E-state index in [-0.39, 0.29) is 90.5 Å². The number of aliphatic hydroxyl groups excluding tert-OH is 1. The summed E-state index contributed by atoms with van der Waals surface area (Å²) in [6, 6.07) is 9.35. The van der Waals surface area contributed by atoms with Gasteiger partial charge in [-0.2, -0.15) is 0 Å². The molecule has 6 aliphatic heterocycles. The Bertz CT molecular complexity index is 4150. The molecule has 6 heterocycles. The number of nitrogens with zero attached hydrogens (tertiary/aromatic N) is 1. The van der Waals surface area contributed by atoms with E-state index < -0.39 is 136 Å². The third-order valence-corrected chi connectivity index (χ3v) is 15.9. The van der Waals surface area contributed by atoms with Crippen molar-refractivity contribution in [2.24, 2.45) is 5.73 Å². The molecule has 0 fully saturated rings. The van der Waals surface area contributed by atoms with Crippen LogP contribution in [-0.4, -0.2) is 121 Å². The molecule has 464 valence electrons. The molecule has 0 radical (unpaired) electrons. The van der Waals surface area contributed by atoms with E-state index in [0.29, 0.717) is 12.1 Å². The third-order valence-electron chi connectivity index (χ3n) is 15.3. The number of fused-ring (bicyclic) bond motifs is 14. The maximum atomic E-state index is 15.8. The average Bonchev–Trinajstić information content (AvgIpc) is 0.810. The number of phenols is 6. The van der Waals surface area contributed by atoms with Crippen LogP contribution in [0.5, 0.6) is 69.0 Å². The van der Waals surface area contributed by atoms with Crippen molar-refractivity contribution in [2.45, 2.75) is 54.8 Å². The van der Waals surface area contributed by atoms with Crippen LogP contribution in [-0.2, 0) is 40.0 Å². The van der Waals surface area contributed by atoms with Crippen LogP contribution in [0.4, 0.5) is 0 Å². The maximum Gasteiger partial charge on any atom is 0.248 e. The first-order valence-corrected chi connectivity index (χ1v) is 28.4. The minimum atomic E-state index is -2.15. The fourth-order valence-electron chi connectivity index (χ4n) is 10.7. The number of ether oxygens (including phenoxy) is 3. The quantitative estimate of drug-likeness (QED) is 0.115. The number of nitrogens with one attached hydrogen (secondary N) is 7. The molecule has 7 aromatic rings. The van der Waals surface area contributed by atoms with Crippen LogP contribution in [0.1, 0.15) is 75.3 Å². The Balaban J connectivity index is 1.13. The normalized spacial score (nSPS) is 21.5. The van der Waals surface area contributed by atoms with Crippen LogP contribution in [0.15, 0.2) is 115 Å². The molecule has 17 bridgehead atoms. The number of benzene rings is 7. The summed E-state index contributed by atoms with van der Waals surface area (Å²) in [5.41, 5.74) is 5.02. The highest BCUT2D eigenvalue weighted by Gasteiger charge is 2.41. The van der Waals surface area contributed by atoms with Gasteiger partial charge in [-0.1, -0.05) is 47.5 Å².